The zero-order chi connectivity index (χ0) is 18.8. The lowest BCUT2D eigenvalue weighted by Crippen LogP contribution is -2.63. The minimum Gasteiger partial charge on any atom is -0.460 e. The SMILES string of the molecule is O=C(OCCN1CCOCC1)C(F)(F)C(F)(F)C(F)(F)C(F)(F)F. The van der Waals surface area contributed by atoms with Crippen LogP contribution in [-0.2, 0) is 14.3 Å². The minimum absolute atomic E-state index is 0.202. The maximum absolute atomic E-state index is 13.1. The number of nitrogens with zero attached hydrogens (tertiary/aromatic N) is 1. The van der Waals surface area contributed by atoms with Gasteiger partial charge in [0, 0.05) is 19.6 Å². The smallest absolute Gasteiger partial charge is 0.460 e. The van der Waals surface area contributed by atoms with Crippen LogP contribution < -0.4 is 0 Å². The summed E-state index contributed by atoms with van der Waals surface area (Å²) in [6.45, 7) is 0.0982. The van der Waals surface area contributed by atoms with Crippen molar-refractivity contribution in [3.8, 4) is 0 Å². The molecule has 0 aromatic heterocycles. The van der Waals surface area contributed by atoms with Crippen molar-refractivity contribution in [2.24, 2.45) is 0 Å². The van der Waals surface area contributed by atoms with Crippen LogP contribution in [0.2, 0.25) is 0 Å². The second-order valence-corrected chi connectivity index (χ2v) is 4.81. The fourth-order valence-electron chi connectivity index (χ4n) is 1.69. The fraction of sp³-hybridized carbons (Fsp3) is 0.909. The van der Waals surface area contributed by atoms with Crippen molar-refractivity contribution in [2.45, 2.75) is 23.9 Å². The molecule has 1 fully saturated rings. The van der Waals surface area contributed by atoms with E-state index in [-0.39, 0.29) is 19.8 Å². The highest BCUT2D eigenvalue weighted by Crippen LogP contribution is 2.53. The van der Waals surface area contributed by atoms with E-state index < -0.39 is 36.5 Å². The predicted octanol–water partition coefficient (Wildman–Crippen LogP) is 2.33. The van der Waals surface area contributed by atoms with E-state index in [0.29, 0.717) is 13.1 Å². The molecule has 0 N–H and O–H groups in total. The number of morpholine rings is 1. The summed E-state index contributed by atoms with van der Waals surface area (Å²) in [4.78, 5) is 12.5. The molecule has 142 valence electrons. The maximum atomic E-state index is 13.1. The average Bonchev–Trinajstić information content (AvgIpc) is 2.46. The van der Waals surface area contributed by atoms with Gasteiger partial charge in [-0.05, 0) is 0 Å². The fourth-order valence-corrected chi connectivity index (χ4v) is 1.69. The molecule has 0 radical (unpaired) electrons. The molecule has 4 nitrogen and oxygen atoms in total. The van der Waals surface area contributed by atoms with E-state index in [2.05, 4.69) is 4.74 Å². The third kappa shape index (κ3) is 3.87. The van der Waals surface area contributed by atoms with Crippen molar-refractivity contribution in [2.75, 3.05) is 39.5 Å². The Kier molecular flexibility index (Phi) is 6.02. The number of ether oxygens (including phenoxy) is 2. The molecule has 1 rings (SSSR count). The number of hydrogen-bond acceptors (Lipinski definition) is 4. The Morgan fingerprint density at radius 1 is 0.917 bits per heavy atom. The van der Waals surface area contributed by atoms with Gasteiger partial charge < -0.3 is 9.47 Å². The van der Waals surface area contributed by atoms with Gasteiger partial charge in [-0.15, -0.1) is 0 Å². The molecule has 0 aromatic carbocycles. The Balaban J connectivity index is 2.72. The summed E-state index contributed by atoms with van der Waals surface area (Å²) in [5.74, 6) is -23.7. The number of esters is 1. The predicted molar refractivity (Wildman–Crippen MR) is 59.1 cm³/mol. The highest BCUT2D eigenvalue weighted by molar-refractivity contribution is 5.79. The van der Waals surface area contributed by atoms with Crippen molar-refractivity contribution in [1.82, 2.24) is 4.90 Å². The topological polar surface area (TPSA) is 38.8 Å². The Morgan fingerprint density at radius 3 is 1.88 bits per heavy atom. The van der Waals surface area contributed by atoms with Crippen molar-refractivity contribution in [3.05, 3.63) is 0 Å². The molecule has 1 heterocycles. The first kappa shape index (κ1) is 20.8. The molecule has 0 bridgehead atoms. The summed E-state index contributed by atoms with van der Waals surface area (Å²) in [5.41, 5.74) is 0. The Labute approximate surface area is 129 Å². The largest absolute Gasteiger partial charge is 0.460 e. The van der Waals surface area contributed by atoms with Crippen LogP contribution in [0.15, 0.2) is 0 Å². The molecule has 0 atom stereocenters. The van der Waals surface area contributed by atoms with Crippen LogP contribution >= 0.6 is 0 Å². The van der Waals surface area contributed by atoms with Gasteiger partial charge in [0.25, 0.3) is 0 Å². The highest BCUT2D eigenvalue weighted by Gasteiger charge is 2.84. The molecular formula is C11H12F9NO3. The third-order valence-electron chi connectivity index (χ3n) is 3.15. The van der Waals surface area contributed by atoms with Crippen LogP contribution in [0.4, 0.5) is 39.5 Å². The minimum atomic E-state index is -7.12. The van der Waals surface area contributed by atoms with Crippen LogP contribution in [-0.4, -0.2) is 74.3 Å². The van der Waals surface area contributed by atoms with Crippen LogP contribution in [0.5, 0.6) is 0 Å². The Hall–Kier alpha value is -1.24. The van der Waals surface area contributed by atoms with Crippen LogP contribution in [0.25, 0.3) is 0 Å². The lowest BCUT2D eigenvalue weighted by Gasteiger charge is -2.32. The zero-order valence-corrected chi connectivity index (χ0v) is 11.8. The molecule has 0 spiro atoms. The summed E-state index contributed by atoms with van der Waals surface area (Å²) < 4.78 is 122. The first-order chi connectivity index (χ1) is 10.7. The molecule has 0 aliphatic carbocycles. The lowest BCUT2D eigenvalue weighted by molar-refractivity contribution is -0.390. The van der Waals surface area contributed by atoms with Crippen molar-refractivity contribution in [1.29, 1.82) is 0 Å². The van der Waals surface area contributed by atoms with E-state index in [0.717, 1.165) is 0 Å². The van der Waals surface area contributed by atoms with Crippen LogP contribution in [0.3, 0.4) is 0 Å². The number of alkyl halides is 9. The molecule has 0 unspecified atom stereocenters. The van der Waals surface area contributed by atoms with Gasteiger partial charge in [0.2, 0.25) is 0 Å². The maximum Gasteiger partial charge on any atom is 0.460 e. The number of carbonyl (C=O) groups excluding carboxylic acids is 1. The number of halogens is 9. The number of rotatable bonds is 6. The summed E-state index contributed by atoms with van der Waals surface area (Å²) >= 11 is 0. The van der Waals surface area contributed by atoms with Gasteiger partial charge >= 0.3 is 29.9 Å². The van der Waals surface area contributed by atoms with Gasteiger partial charge in [-0.25, -0.2) is 4.79 Å². The Bertz CT molecular complexity index is 447. The molecule has 1 aliphatic heterocycles. The van der Waals surface area contributed by atoms with Gasteiger partial charge in [0.1, 0.15) is 6.61 Å². The second-order valence-electron chi connectivity index (χ2n) is 4.81. The third-order valence-corrected chi connectivity index (χ3v) is 3.15. The van der Waals surface area contributed by atoms with Crippen molar-refractivity contribution >= 4 is 5.97 Å². The van der Waals surface area contributed by atoms with E-state index in [1.165, 1.54) is 4.90 Å². The molecule has 1 saturated heterocycles. The molecule has 13 heteroatoms. The molecule has 1 aliphatic rings. The first-order valence-corrected chi connectivity index (χ1v) is 6.42. The van der Waals surface area contributed by atoms with E-state index in [1.807, 2.05) is 0 Å². The van der Waals surface area contributed by atoms with E-state index in [9.17, 15) is 44.3 Å². The molecule has 0 aromatic rings. The van der Waals surface area contributed by atoms with Gasteiger partial charge in [0.05, 0.1) is 13.2 Å². The van der Waals surface area contributed by atoms with E-state index in [4.69, 9.17) is 4.74 Å². The zero-order valence-electron chi connectivity index (χ0n) is 11.8. The normalized spacial score (nSPS) is 18.5. The Morgan fingerprint density at radius 2 is 1.42 bits per heavy atom. The standard InChI is InChI=1S/C11H12F9NO3/c12-8(13,9(14,15)10(16,17)11(18,19)20)7(22)24-6-3-21-1-4-23-5-2-21/h1-6H2. The monoisotopic (exact) mass is 377 g/mol. The molecule has 0 amide bonds. The quantitative estimate of drug-likeness (QED) is 0.526. The van der Waals surface area contributed by atoms with Crippen LogP contribution in [0, 0.1) is 0 Å². The first-order valence-electron chi connectivity index (χ1n) is 6.42. The van der Waals surface area contributed by atoms with Gasteiger partial charge in [0.15, 0.2) is 0 Å². The van der Waals surface area contributed by atoms with Crippen molar-refractivity contribution < 1.29 is 53.8 Å². The summed E-state index contributed by atoms with van der Waals surface area (Å²) in [6.07, 6.45) is -6.98. The molecule has 24 heavy (non-hydrogen) atoms. The van der Waals surface area contributed by atoms with Gasteiger partial charge in [-0.1, -0.05) is 0 Å². The van der Waals surface area contributed by atoms with Crippen LogP contribution in [0.1, 0.15) is 0 Å². The van der Waals surface area contributed by atoms with Gasteiger partial charge in [-0.3, -0.25) is 4.90 Å². The summed E-state index contributed by atoms with van der Waals surface area (Å²) in [6, 6.07) is 0. The number of carbonyl (C=O) groups is 1. The number of hydrogen-bond donors (Lipinski definition) is 0. The second kappa shape index (κ2) is 6.94. The van der Waals surface area contributed by atoms with E-state index in [1.54, 1.807) is 0 Å². The molecular weight excluding hydrogens is 365 g/mol. The average molecular weight is 377 g/mol. The van der Waals surface area contributed by atoms with Gasteiger partial charge in [-0.2, -0.15) is 39.5 Å². The summed E-state index contributed by atoms with van der Waals surface area (Å²) in [5, 5.41) is 0. The molecule has 0 saturated carbocycles. The van der Waals surface area contributed by atoms with E-state index >= 15 is 0 Å². The van der Waals surface area contributed by atoms with Crippen molar-refractivity contribution in [3.63, 3.8) is 0 Å². The lowest BCUT2D eigenvalue weighted by atomic mass is 10.0. The highest BCUT2D eigenvalue weighted by atomic mass is 19.4. The summed E-state index contributed by atoms with van der Waals surface area (Å²) in [7, 11) is 0.